The van der Waals surface area contributed by atoms with Crippen LogP contribution in [0.25, 0.3) is 0 Å². The maximum Gasteiger partial charge on any atom is 0.338 e. The van der Waals surface area contributed by atoms with E-state index in [0.29, 0.717) is 0 Å². The SMILES string of the molecule is CCOC(=O)C1=C(C)N(C2CCS(=O)(=O)C2)C(=O)NC1c1c(F)cccc1F. The average molecular weight is 414 g/mol. The third kappa shape index (κ3) is 3.60. The molecule has 1 aromatic rings. The molecule has 10 heteroatoms. The lowest BCUT2D eigenvalue weighted by molar-refractivity contribution is -0.139. The van der Waals surface area contributed by atoms with Crippen molar-refractivity contribution in [2.45, 2.75) is 32.4 Å². The van der Waals surface area contributed by atoms with Gasteiger partial charge < -0.3 is 10.1 Å². The summed E-state index contributed by atoms with van der Waals surface area (Å²) in [5.41, 5.74) is -0.483. The van der Waals surface area contributed by atoms with Crippen LogP contribution < -0.4 is 5.32 Å². The number of benzene rings is 1. The number of rotatable bonds is 4. The van der Waals surface area contributed by atoms with Gasteiger partial charge in [0.2, 0.25) is 0 Å². The normalized spacial score (nSPS) is 24.3. The van der Waals surface area contributed by atoms with Crippen LogP contribution in [0.15, 0.2) is 29.5 Å². The molecule has 2 aliphatic heterocycles. The molecule has 1 fully saturated rings. The third-order valence-electron chi connectivity index (χ3n) is 4.88. The van der Waals surface area contributed by atoms with Gasteiger partial charge >= 0.3 is 12.0 Å². The third-order valence-corrected chi connectivity index (χ3v) is 6.63. The molecule has 1 aromatic carbocycles. The lowest BCUT2D eigenvalue weighted by Gasteiger charge is -2.38. The molecule has 2 atom stereocenters. The van der Waals surface area contributed by atoms with Crippen LogP contribution in [-0.2, 0) is 19.4 Å². The summed E-state index contributed by atoms with van der Waals surface area (Å²) in [5.74, 6) is -2.99. The number of sulfone groups is 1. The van der Waals surface area contributed by atoms with Crippen molar-refractivity contribution in [2.24, 2.45) is 0 Å². The number of carbonyl (C=O) groups excluding carboxylic acids is 2. The topological polar surface area (TPSA) is 92.8 Å². The molecule has 0 bridgehead atoms. The maximum absolute atomic E-state index is 14.4. The highest BCUT2D eigenvalue weighted by Crippen LogP contribution is 2.36. The standard InChI is InChI=1S/C18H20F2N2O5S/c1-3-27-17(23)14-10(2)22(11-7-8-28(25,26)9-11)18(24)21-16(14)15-12(19)5-4-6-13(15)20/h4-6,11,16H,3,7-9H2,1-2H3,(H,21,24). The van der Waals surface area contributed by atoms with Crippen molar-refractivity contribution in [2.75, 3.05) is 18.1 Å². The van der Waals surface area contributed by atoms with Gasteiger partial charge in [-0.3, -0.25) is 4.90 Å². The monoisotopic (exact) mass is 414 g/mol. The van der Waals surface area contributed by atoms with E-state index in [2.05, 4.69) is 5.32 Å². The number of hydrogen-bond donors (Lipinski definition) is 1. The van der Waals surface area contributed by atoms with Crippen LogP contribution in [0.4, 0.5) is 13.6 Å². The number of esters is 1. The van der Waals surface area contributed by atoms with E-state index in [9.17, 15) is 26.8 Å². The van der Waals surface area contributed by atoms with E-state index in [4.69, 9.17) is 4.74 Å². The number of nitrogens with zero attached hydrogens (tertiary/aromatic N) is 1. The first-order valence-electron chi connectivity index (χ1n) is 8.78. The van der Waals surface area contributed by atoms with Crippen molar-refractivity contribution in [1.29, 1.82) is 0 Å². The van der Waals surface area contributed by atoms with Crippen LogP contribution >= 0.6 is 0 Å². The Labute approximate surface area is 161 Å². The molecule has 1 saturated heterocycles. The quantitative estimate of drug-likeness (QED) is 0.762. The highest BCUT2D eigenvalue weighted by atomic mass is 32.2. The van der Waals surface area contributed by atoms with Crippen molar-refractivity contribution >= 4 is 21.8 Å². The van der Waals surface area contributed by atoms with Crippen LogP contribution in [0.1, 0.15) is 31.9 Å². The van der Waals surface area contributed by atoms with Crippen LogP contribution in [0.2, 0.25) is 0 Å². The zero-order valence-electron chi connectivity index (χ0n) is 15.4. The Bertz CT molecular complexity index is 940. The van der Waals surface area contributed by atoms with Crippen LogP contribution in [0.3, 0.4) is 0 Å². The first-order chi connectivity index (χ1) is 13.2. The Kier molecular flexibility index (Phi) is 5.42. The van der Waals surface area contributed by atoms with Gasteiger partial charge in [-0.2, -0.15) is 0 Å². The number of amides is 2. The maximum atomic E-state index is 14.4. The van der Waals surface area contributed by atoms with Gasteiger partial charge in [0.25, 0.3) is 0 Å². The molecule has 0 radical (unpaired) electrons. The minimum absolute atomic E-state index is 0.0217. The fourth-order valence-electron chi connectivity index (χ4n) is 3.65. The highest BCUT2D eigenvalue weighted by Gasteiger charge is 2.43. The Morgan fingerprint density at radius 1 is 1.32 bits per heavy atom. The van der Waals surface area contributed by atoms with Crippen LogP contribution in [0.5, 0.6) is 0 Å². The molecule has 0 saturated carbocycles. The second-order valence-corrected chi connectivity index (χ2v) is 8.89. The number of halogens is 2. The van der Waals surface area contributed by atoms with Crippen molar-refractivity contribution in [1.82, 2.24) is 10.2 Å². The summed E-state index contributed by atoms with van der Waals surface area (Å²) < 4.78 is 57.4. The van der Waals surface area contributed by atoms with Gasteiger partial charge in [-0.1, -0.05) is 6.07 Å². The van der Waals surface area contributed by atoms with Gasteiger partial charge in [0.05, 0.1) is 41.3 Å². The minimum atomic E-state index is -3.30. The molecule has 3 rings (SSSR count). The van der Waals surface area contributed by atoms with Gasteiger partial charge in [0.1, 0.15) is 11.6 Å². The van der Waals surface area contributed by atoms with Gasteiger partial charge in [-0.15, -0.1) is 0 Å². The molecule has 7 nitrogen and oxygen atoms in total. The predicted octanol–water partition coefficient (Wildman–Crippen LogP) is 2.06. The molecule has 2 heterocycles. The molecule has 0 spiro atoms. The molecular weight excluding hydrogens is 394 g/mol. The molecule has 28 heavy (non-hydrogen) atoms. The smallest absolute Gasteiger partial charge is 0.338 e. The fourth-order valence-corrected chi connectivity index (χ4v) is 5.35. The van der Waals surface area contributed by atoms with Gasteiger partial charge in [0.15, 0.2) is 9.84 Å². The van der Waals surface area contributed by atoms with E-state index < -0.39 is 51.1 Å². The first kappa shape index (κ1) is 20.2. The minimum Gasteiger partial charge on any atom is -0.463 e. The summed E-state index contributed by atoms with van der Waals surface area (Å²) in [6.07, 6.45) is 0.210. The molecule has 152 valence electrons. The zero-order chi connectivity index (χ0) is 20.6. The summed E-state index contributed by atoms with van der Waals surface area (Å²) in [4.78, 5) is 26.5. The largest absolute Gasteiger partial charge is 0.463 e. The van der Waals surface area contributed by atoms with E-state index >= 15 is 0 Å². The van der Waals surface area contributed by atoms with Crippen molar-refractivity contribution in [3.63, 3.8) is 0 Å². The number of allylic oxidation sites excluding steroid dienone is 1. The lowest BCUT2D eigenvalue weighted by atomic mass is 9.93. The number of urea groups is 1. The molecule has 2 aliphatic rings. The van der Waals surface area contributed by atoms with Crippen molar-refractivity contribution < 1.29 is 31.5 Å². The molecule has 0 aliphatic carbocycles. The van der Waals surface area contributed by atoms with Gasteiger partial charge in [-0.05, 0) is 32.4 Å². The molecular formula is C18H20F2N2O5S. The summed E-state index contributed by atoms with van der Waals surface area (Å²) >= 11 is 0. The summed E-state index contributed by atoms with van der Waals surface area (Å²) in [7, 11) is -3.30. The second kappa shape index (κ2) is 7.50. The van der Waals surface area contributed by atoms with E-state index in [1.54, 1.807) is 6.92 Å². The van der Waals surface area contributed by atoms with Crippen molar-refractivity contribution in [3.8, 4) is 0 Å². The predicted molar refractivity (Wildman–Crippen MR) is 95.9 cm³/mol. The number of hydrogen-bond acceptors (Lipinski definition) is 5. The van der Waals surface area contributed by atoms with E-state index in [1.807, 2.05) is 0 Å². The van der Waals surface area contributed by atoms with Crippen molar-refractivity contribution in [3.05, 3.63) is 46.7 Å². The van der Waals surface area contributed by atoms with E-state index in [-0.39, 0.29) is 35.8 Å². The summed E-state index contributed by atoms with van der Waals surface area (Å²) in [6.45, 7) is 3.05. The summed E-state index contributed by atoms with van der Waals surface area (Å²) in [5, 5.41) is 2.44. The number of nitrogens with one attached hydrogen (secondary N) is 1. The molecule has 1 N–H and O–H groups in total. The van der Waals surface area contributed by atoms with Crippen LogP contribution in [-0.4, -0.2) is 49.5 Å². The second-order valence-electron chi connectivity index (χ2n) is 6.66. The Morgan fingerprint density at radius 2 is 1.96 bits per heavy atom. The summed E-state index contributed by atoms with van der Waals surface area (Å²) in [6, 6.07) is 0.454. The van der Waals surface area contributed by atoms with Gasteiger partial charge in [0, 0.05) is 5.70 Å². The Balaban J connectivity index is 2.12. The first-order valence-corrected chi connectivity index (χ1v) is 10.6. The average Bonchev–Trinajstić information content (AvgIpc) is 2.94. The zero-order valence-corrected chi connectivity index (χ0v) is 16.2. The molecule has 0 aromatic heterocycles. The number of carbonyl (C=O) groups is 2. The van der Waals surface area contributed by atoms with Crippen LogP contribution in [0, 0.1) is 11.6 Å². The highest BCUT2D eigenvalue weighted by molar-refractivity contribution is 7.91. The molecule has 2 amide bonds. The Morgan fingerprint density at radius 3 is 2.50 bits per heavy atom. The van der Waals surface area contributed by atoms with E-state index in [1.165, 1.54) is 17.9 Å². The fraction of sp³-hybridized carbons (Fsp3) is 0.444. The van der Waals surface area contributed by atoms with Gasteiger partial charge in [-0.25, -0.2) is 26.8 Å². The lowest BCUT2D eigenvalue weighted by Crippen LogP contribution is -2.52. The number of ether oxygens (including phenoxy) is 1. The molecule has 2 unspecified atom stereocenters. The Hall–Kier alpha value is -2.49. The van der Waals surface area contributed by atoms with E-state index in [0.717, 1.165) is 12.1 Å².